The third-order valence-electron chi connectivity index (χ3n) is 4.19. The van der Waals surface area contributed by atoms with Crippen molar-refractivity contribution in [3.63, 3.8) is 0 Å². The van der Waals surface area contributed by atoms with E-state index in [4.69, 9.17) is 0 Å². The van der Waals surface area contributed by atoms with Crippen molar-refractivity contribution in [2.45, 2.75) is 31.4 Å². The van der Waals surface area contributed by atoms with Crippen LogP contribution in [-0.2, 0) is 0 Å². The lowest BCUT2D eigenvalue weighted by atomic mass is 9.91. The molecule has 1 fully saturated rings. The minimum Gasteiger partial charge on any atom is -0.465 e. The van der Waals surface area contributed by atoms with Crippen molar-refractivity contribution < 1.29 is 15.0 Å². The third kappa shape index (κ3) is 2.80. The number of hydrogen-bond acceptors (Lipinski definition) is 3. The molecule has 22 heavy (non-hydrogen) atoms. The number of amides is 1. The quantitative estimate of drug-likeness (QED) is 0.798. The van der Waals surface area contributed by atoms with Crippen LogP contribution >= 0.6 is 15.9 Å². The lowest BCUT2D eigenvalue weighted by Gasteiger charge is -2.36. The van der Waals surface area contributed by atoms with Crippen LogP contribution in [-0.4, -0.2) is 38.8 Å². The highest BCUT2D eigenvalue weighted by molar-refractivity contribution is 9.10. The maximum atomic E-state index is 11.4. The fourth-order valence-corrected chi connectivity index (χ4v) is 3.58. The van der Waals surface area contributed by atoms with Crippen LogP contribution in [0.3, 0.4) is 0 Å². The van der Waals surface area contributed by atoms with Gasteiger partial charge in [0.05, 0.1) is 11.6 Å². The average Bonchev–Trinajstić information content (AvgIpc) is 2.53. The number of halogens is 1. The van der Waals surface area contributed by atoms with E-state index in [1.54, 1.807) is 6.07 Å². The number of aliphatic hydroxyl groups is 1. The summed E-state index contributed by atoms with van der Waals surface area (Å²) in [6.07, 6.45) is 0.607. The van der Waals surface area contributed by atoms with Gasteiger partial charge in [-0.05, 0) is 52.9 Å². The minimum atomic E-state index is -0.971. The number of carboxylic acid groups (broad SMARTS) is 1. The summed E-state index contributed by atoms with van der Waals surface area (Å²) in [5.41, 5.74) is 1.50. The molecule has 1 amide bonds. The minimum absolute atomic E-state index is 0.413. The Kier molecular flexibility index (Phi) is 4.31. The number of hydrogen-bond donors (Lipinski definition) is 2. The van der Waals surface area contributed by atoms with Gasteiger partial charge in [0, 0.05) is 11.9 Å². The van der Waals surface area contributed by atoms with Gasteiger partial charge in [-0.15, -0.1) is 0 Å². The van der Waals surface area contributed by atoms with Crippen molar-refractivity contribution in [1.29, 1.82) is 0 Å². The zero-order chi connectivity index (χ0) is 15.7. The molecule has 116 valence electrons. The summed E-state index contributed by atoms with van der Waals surface area (Å²) in [7, 11) is 0. The van der Waals surface area contributed by atoms with Gasteiger partial charge in [-0.3, -0.25) is 0 Å². The zero-order valence-electron chi connectivity index (χ0n) is 11.9. The maximum Gasteiger partial charge on any atom is 0.407 e. The van der Waals surface area contributed by atoms with Crippen LogP contribution in [0.15, 0.2) is 34.9 Å². The summed E-state index contributed by atoms with van der Waals surface area (Å²) in [5.74, 6) is 0. The SMILES string of the molecule is O=C(O)N1CCCCC1[C@@H](O)c1cc(Br)nc2ccccc12. The monoisotopic (exact) mass is 364 g/mol. The van der Waals surface area contributed by atoms with Crippen LogP contribution in [0.1, 0.15) is 30.9 Å². The molecule has 5 nitrogen and oxygen atoms in total. The van der Waals surface area contributed by atoms with Gasteiger partial charge in [-0.25, -0.2) is 9.78 Å². The Hall–Kier alpha value is -1.66. The van der Waals surface area contributed by atoms with E-state index in [2.05, 4.69) is 20.9 Å². The number of nitrogens with zero attached hydrogens (tertiary/aromatic N) is 2. The fourth-order valence-electron chi connectivity index (χ4n) is 3.14. The highest BCUT2D eigenvalue weighted by Crippen LogP contribution is 2.33. The van der Waals surface area contributed by atoms with Crippen molar-refractivity contribution in [2.24, 2.45) is 0 Å². The van der Waals surface area contributed by atoms with Crippen LogP contribution in [0.25, 0.3) is 10.9 Å². The van der Waals surface area contributed by atoms with E-state index in [1.807, 2.05) is 24.3 Å². The maximum absolute atomic E-state index is 11.4. The van der Waals surface area contributed by atoms with E-state index in [0.717, 1.165) is 29.3 Å². The van der Waals surface area contributed by atoms with Crippen LogP contribution in [0.4, 0.5) is 4.79 Å². The number of aliphatic hydroxyl groups excluding tert-OH is 1. The molecule has 2 atom stereocenters. The van der Waals surface area contributed by atoms with Gasteiger partial charge in [-0.2, -0.15) is 0 Å². The summed E-state index contributed by atoms with van der Waals surface area (Å²) in [4.78, 5) is 17.2. The van der Waals surface area contributed by atoms with Crippen molar-refractivity contribution in [3.05, 3.63) is 40.5 Å². The van der Waals surface area contributed by atoms with Crippen molar-refractivity contribution in [2.75, 3.05) is 6.54 Å². The highest BCUT2D eigenvalue weighted by atomic mass is 79.9. The molecule has 2 N–H and O–H groups in total. The Balaban J connectivity index is 2.04. The number of aromatic nitrogens is 1. The van der Waals surface area contributed by atoms with Crippen LogP contribution in [0, 0.1) is 0 Å². The zero-order valence-corrected chi connectivity index (χ0v) is 13.5. The summed E-state index contributed by atoms with van der Waals surface area (Å²) in [6, 6.07) is 8.94. The molecule has 2 heterocycles. The Morgan fingerprint density at radius 1 is 1.36 bits per heavy atom. The number of piperidine rings is 1. The van der Waals surface area contributed by atoms with Crippen molar-refractivity contribution >= 4 is 32.9 Å². The molecular formula is C16H17BrN2O3. The summed E-state index contributed by atoms with van der Waals surface area (Å²) in [5, 5.41) is 21.1. The first kappa shape index (κ1) is 15.2. The Labute approximate surface area is 136 Å². The molecule has 0 aliphatic carbocycles. The molecule has 0 spiro atoms. The second-order valence-electron chi connectivity index (χ2n) is 5.54. The van der Waals surface area contributed by atoms with Crippen molar-refractivity contribution in [1.82, 2.24) is 9.88 Å². The van der Waals surface area contributed by atoms with E-state index in [1.165, 1.54) is 4.90 Å². The van der Waals surface area contributed by atoms with E-state index in [9.17, 15) is 15.0 Å². The lowest BCUT2D eigenvalue weighted by molar-refractivity contribution is 0.0292. The van der Waals surface area contributed by atoms with Crippen LogP contribution < -0.4 is 0 Å². The molecule has 3 rings (SSSR count). The number of fused-ring (bicyclic) bond motifs is 1. The number of rotatable bonds is 2. The number of carbonyl (C=O) groups is 1. The Morgan fingerprint density at radius 2 is 2.14 bits per heavy atom. The first-order valence-electron chi connectivity index (χ1n) is 7.31. The van der Waals surface area contributed by atoms with Crippen LogP contribution in [0.5, 0.6) is 0 Å². The standard InChI is InChI=1S/C16H17BrN2O3/c17-14-9-11(10-5-1-2-6-12(10)18-14)15(20)13-7-3-4-8-19(13)16(21)22/h1-2,5-6,9,13,15,20H,3-4,7-8H2,(H,21,22)/t13?,15-/m0/s1. The molecule has 0 radical (unpaired) electrons. The van der Waals surface area contributed by atoms with Crippen molar-refractivity contribution in [3.8, 4) is 0 Å². The number of pyridine rings is 1. The van der Waals surface area contributed by atoms with Crippen LogP contribution in [0.2, 0.25) is 0 Å². The lowest BCUT2D eigenvalue weighted by Crippen LogP contribution is -2.46. The largest absolute Gasteiger partial charge is 0.465 e. The van der Waals surface area contributed by atoms with E-state index in [-0.39, 0.29) is 0 Å². The van der Waals surface area contributed by atoms with Gasteiger partial charge in [0.1, 0.15) is 10.7 Å². The molecule has 1 aliphatic heterocycles. The fraction of sp³-hybridized carbons (Fsp3) is 0.375. The van der Waals surface area contributed by atoms with Gasteiger partial charge in [0.2, 0.25) is 0 Å². The predicted molar refractivity (Wildman–Crippen MR) is 86.8 cm³/mol. The van der Waals surface area contributed by atoms with E-state index >= 15 is 0 Å². The predicted octanol–water partition coefficient (Wildman–Crippen LogP) is 3.56. The second kappa shape index (κ2) is 6.22. The normalized spacial score (nSPS) is 20.1. The molecule has 1 aromatic carbocycles. The summed E-state index contributed by atoms with van der Waals surface area (Å²) >= 11 is 3.37. The van der Waals surface area contributed by atoms with E-state index in [0.29, 0.717) is 17.6 Å². The third-order valence-corrected chi connectivity index (χ3v) is 4.60. The van der Waals surface area contributed by atoms with E-state index < -0.39 is 18.2 Å². The second-order valence-corrected chi connectivity index (χ2v) is 6.35. The van der Waals surface area contributed by atoms with Gasteiger partial charge >= 0.3 is 6.09 Å². The molecule has 2 aromatic rings. The molecular weight excluding hydrogens is 348 g/mol. The van der Waals surface area contributed by atoms with Gasteiger partial charge in [0.15, 0.2) is 0 Å². The molecule has 0 saturated carbocycles. The Morgan fingerprint density at radius 3 is 2.91 bits per heavy atom. The highest BCUT2D eigenvalue weighted by Gasteiger charge is 2.33. The van der Waals surface area contributed by atoms with Gasteiger partial charge in [0.25, 0.3) is 0 Å². The number of benzene rings is 1. The molecule has 1 saturated heterocycles. The first-order chi connectivity index (χ1) is 10.6. The molecule has 6 heteroatoms. The summed E-state index contributed by atoms with van der Waals surface area (Å²) in [6.45, 7) is 0.473. The molecule has 1 unspecified atom stereocenters. The number of likely N-dealkylation sites (tertiary alicyclic amines) is 1. The number of para-hydroxylation sites is 1. The molecule has 1 aliphatic rings. The smallest absolute Gasteiger partial charge is 0.407 e. The van der Waals surface area contributed by atoms with Gasteiger partial charge < -0.3 is 15.1 Å². The molecule has 1 aromatic heterocycles. The Bertz CT molecular complexity index is 707. The molecule has 0 bridgehead atoms. The topological polar surface area (TPSA) is 73.7 Å². The first-order valence-corrected chi connectivity index (χ1v) is 8.10. The van der Waals surface area contributed by atoms with Gasteiger partial charge in [-0.1, -0.05) is 18.2 Å². The summed E-state index contributed by atoms with van der Waals surface area (Å²) < 4.78 is 0.637. The average molecular weight is 365 g/mol.